The first kappa shape index (κ1) is 24.3. The Hall–Kier alpha value is -3.87. The van der Waals surface area contributed by atoms with E-state index in [1.807, 2.05) is 62.4 Å². The van der Waals surface area contributed by atoms with Gasteiger partial charge in [0.1, 0.15) is 6.04 Å². The molecule has 0 radical (unpaired) electrons. The number of benzene rings is 2. The molecule has 1 heterocycles. The number of furan rings is 1. The molecule has 0 spiro atoms. The average molecular weight is 474 g/mol. The van der Waals surface area contributed by atoms with E-state index in [1.165, 1.54) is 17.2 Å². The van der Waals surface area contributed by atoms with E-state index in [-0.39, 0.29) is 24.3 Å². The topological polar surface area (TPSA) is 91.7 Å². The highest BCUT2D eigenvalue weighted by molar-refractivity contribution is 6.04. The second-order valence-electron chi connectivity index (χ2n) is 8.95. The molecule has 0 unspecified atom stereocenters. The van der Waals surface area contributed by atoms with Crippen molar-refractivity contribution in [3.8, 4) is 0 Å². The summed E-state index contributed by atoms with van der Waals surface area (Å²) >= 11 is 0. The second kappa shape index (κ2) is 11.0. The van der Waals surface area contributed by atoms with Gasteiger partial charge in [-0.25, -0.2) is 0 Å². The molecule has 7 heteroatoms. The maximum absolute atomic E-state index is 13.7. The van der Waals surface area contributed by atoms with E-state index in [9.17, 15) is 14.4 Å². The number of rotatable bonds is 8. The molecule has 2 N–H and O–H groups in total. The molecule has 0 aliphatic heterocycles. The van der Waals surface area contributed by atoms with Gasteiger partial charge in [-0.15, -0.1) is 0 Å². The van der Waals surface area contributed by atoms with E-state index in [1.54, 1.807) is 6.07 Å². The predicted octanol–water partition coefficient (Wildman–Crippen LogP) is 4.46. The summed E-state index contributed by atoms with van der Waals surface area (Å²) in [5.41, 5.74) is 3.24. The van der Waals surface area contributed by atoms with E-state index in [4.69, 9.17) is 4.42 Å². The highest BCUT2D eigenvalue weighted by Crippen LogP contribution is 2.32. The molecular formula is C28H31N3O4. The van der Waals surface area contributed by atoms with Crippen molar-refractivity contribution in [3.05, 3.63) is 89.4 Å². The van der Waals surface area contributed by atoms with Crippen LogP contribution in [-0.4, -0.2) is 30.3 Å². The number of nitrogens with zero attached hydrogens (tertiary/aromatic N) is 1. The van der Waals surface area contributed by atoms with Crippen molar-refractivity contribution in [1.29, 1.82) is 0 Å². The van der Waals surface area contributed by atoms with E-state index in [2.05, 4.69) is 10.6 Å². The molecule has 1 aliphatic rings. The molecule has 0 bridgehead atoms. The SMILES string of the molecule is Cc1cccc(N(C(=O)CNC(=O)c2ccco2)[C@@H](C(=O)NC2CCCC2)c2ccccc2)c1C. The molecule has 7 nitrogen and oxygen atoms in total. The van der Waals surface area contributed by atoms with Crippen LogP contribution in [0.5, 0.6) is 0 Å². The normalized spacial score (nSPS) is 14.3. The summed E-state index contributed by atoms with van der Waals surface area (Å²) < 4.78 is 5.14. The summed E-state index contributed by atoms with van der Waals surface area (Å²) in [4.78, 5) is 41.4. The monoisotopic (exact) mass is 473 g/mol. The summed E-state index contributed by atoms with van der Waals surface area (Å²) in [5.74, 6) is -0.991. The van der Waals surface area contributed by atoms with E-state index in [0.29, 0.717) is 11.3 Å². The van der Waals surface area contributed by atoms with E-state index in [0.717, 1.165) is 36.8 Å². The molecule has 2 aromatic carbocycles. The zero-order chi connectivity index (χ0) is 24.8. The maximum Gasteiger partial charge on any atom is 0.287 e. The van der Waals surface area contributed by atoms with Gasteiger partial charge in [0.25, 0.3) is 5.91 Å². The number of anilines is 1. The Morgan fingerprint density at radius 2 is 1.71 bits per heavy atom. The molecule has 182 valence electrons. The molecule has 35 heavy (non-hydrogen) atoms. The number of carbonyl (C=O) groups is 3. The molecule has 3 amide bonds. The summed E-state index contributed by atoms with van der Waals surface area (Å²) in [6.07, 6.45) is 5.43. The first-order valence-electron chi connectivity index (χ1n) is 12.0. The number of hydrogen-bond acceptors (Lipinski definition) is 4. The van der Waals surface area contributed by atoms with Crippen molar-refractivity contribution < 1.29 is 18.8 Å². The quantitative estimate of drug-likeness (QED) is 0.505. The number of hydrogen-bond donors (Lipinski definition) is 2. The van der Waals surface area contributed by atoms with Gasteiger partial charge in [0.15, 0.2) is 5.76 Å². The zero-order valence-corrected chi connectivity index (χ0v) is 20.1. The van der Waals surface area contributed by atoms with Crippen LogP contribution in [0.4, 0.5) is 5.69 Å². The standard InChI is InChI=1S/C28H31N3O4/c1-19-10-8-15-23(20(19)2)31(25(32)18-29-27(33)24-16-9-17-35-24)26(21-11-4-3-5-12-21)28(34)30-22-13-6-7-14-22/h3-5,8-12,15-17,22,26H,6-7,13-14,18H2,1-2H3,(H,29,33)(H,30,34)/t26-/m1/s1. The first-order valence-corrected chi connectivity index (χ1v) is 12.0. The number of amides is 3. The number of aryl methyl sites for hydroxylation is 1. The second-order valence-corrected chi connectivity index (χ2v) is 8.95. The predicted molar refractivity (Wildman–Crippen MR) is 134 cm³/mol. The highest BCUT2D eigenvalue weighted by Gasteiger charge is 2.35. The van der Waals surface area contributed by atoms with Crippen LogP contribution in [0.1, 0.15) is 59.0 Å². The van der Waals surface area contributed by atoms with Gasteiger partial charge in [0, 0.05) is 11.7 Å². The van der Waals surface area contributed by atoms with E-state index < -0.39 is 17.9 Å². The van der Waals surface area contributed by atoms with Crippen molar-refractivity contribution in [2.75, 3.05) is 11.4 Å². The van der Waals surface area contributed by atoms with Crippen LogP contribution in [0.3, 0.4) is 0 Å². The van der Waals surface area contributed by atoms with Gasteiger partial charge < -0.3 is 15.1 Å². The summed E-state index contributed by atoms with van der Waals surface area (Å²) in [6, 6.07) is 17.3. The van der Waals surface area contributed by atoms with Crippen LogP contribution in [0, 0.1) is 13.8 Å². The Balaban J connectivity index is 1.70. The van der Waals surface area contributed by atoms with Crippen LogP contribution >= 0.6 is 0 Å². The molecule has 0 saturated heterocycles. The Morgan fingerprint density at radius 1 is 0.971 bits per heavy atom. The summed E-state index contributed by atoms with van der Waals surface area (Å²) in [6.45, 7) is 3.62. The van der Waals surface area contributed by atoms with Crippen LogP contribution < -0.4 is 15.5 Å². The lowest BCUT2D eigenvalue weighted by Crippen LogP contribution is -2.49. The molecule has 1 atom stereocenters. The third kappa shape index (κ3) is 5.62. The lowest BCUT2D eigenvalue weighted by Gasteiger charge is -2.33. The maximum atomic E-state index is 13.7. The fraction of sp³-hybridized carbons (Fsp3) is 0.321. The summed E-state index contributed by atoms with van der Waals surface area (Å²) in [5, 5.41) is 5.80. The molecule has 3 aromatic rings. The van der Waals surface area contributed by atoms with E-state index >= 15 is 0 Å². The minimum absolute atomic E-state index is 0.0999. The van der Waals surface area contributed by atoms with Crippen molar-refractivity contribution in [2.24, 2.45) is 0 Å². The smallest absolute Gasteiger partial charge is 0.287 e. The Morgan fingerprint density at radius 3 is 2.40 bits per heavy atom. The van der Waals surface area contributed by atoms with Crippen LogP contribution in [0.2, 0.25) is 0 Å². The van der Waals surface area contributed by atoms with Gasteiger partial charge in [-0.05, 0) is 61.6 Å². The zero-order valence-electron chi connectivity index (χ0n) is 20.1. The van der Waals surface area contributed by atoms with Gasteiger partial charge in [-0.3, -0.25) is 19.3 Å². The van der Waals surface area contributed by atoms with Crippen molar-refractivity contribution in [2.45, 2.75) is 51.6 Å². The van der Waals surface area contributed by atoms with Crippen molar-refractivity contribution in [1.82, 2.24) is 10.6 Å². The molecule has 1 fully saturated rings. The lowest BCUT2D eigenvalue weighted by molar-refractivity contribution is -0.126. The molecule has 4 rings (SSSR count). The molecule has 1 aliphatic carbocycles. The first-order chi connectivity index (χ1) is 17.0. The fourth-order valence-electron chi connectivity index (χ4n) is 4.55. The number of carbonyl (C=O) groups excluding carboxylic acids is 3. The van der Waals surface area contributed by atoms with Crippen LogP contribution in [0.25, 0.3) is 0 Å². The van der Waals surface area contributed by atoms with Gasteiger partial charge in [0.05, 0.1) is 12.8 Å². The molecular weight excluding hydrogens is 442 g/mol. The third-order valence-electron chi connectivity index (χ3n) is 6.57. The van der Waals surface area contributed by atoms with Crippen molar-refractivity contribution >= 4 is 23.4 Å². The van der Waals surface area contributed by atoms with Crippen LogP contribution in [-0.2, 0) is 9.59 Å². The van der Waals surface area contributed by atoms with Gasteiger partial charge in [-0.2, -0.15) is 0 Å². The lowest BCUT2D eigenvalue weighted by atomic mass is 10.00. The average Bonchev–Trinajstić information content (AvgIpc) is 3.58. The Bertz CT molecular complexity index is 1170. The van der Waals surface area contributed by atoms with Crippen molar-refractivity contribution in [3.63, 3.8) is 0 Å². The van der Waals surface area contributed by atoms with Gasteiger partial charge >= 0.3 is 0 Å². The van der Waals surface area contributed by atoms with Gasteiger partial charge in [0.2, 0.25) is 11.8 Å². The Labute approximate surface area is 205 Å². The molecule has 1 aromatic heterocycles. The Kier molecular flexibility index (Phi) is 7.65. The number of nitrogens with one attached hydrogen (secondary N) is 2. The minimum atomic E-state index is -0.884. The van der Waals surface area contributed by atoms with Gasteiger partial charge in [-0.1, -0.05) is 55.3 Å². The molecule has 1 saturated carbocycles. The largest absolute Gasteiger partial charge is 0.459 e. The highest BCUT2D eigenvalue weighted by atomic mass is 16.3. The van der Waals surface area contributed by atoms with Crippen LogP contribution in [0.15, 0.2) is 71.3 Å². The third-order valence-corrected chi connectivity index (χ3v) is 6.57. The minimum Gasteiger partial charge on any atom is -0.459 e. The fourth-order valence-corrected chi connectivity index (χ4v) is 4.55. The summed E-state index contributed by atoms with van der Waals surface area (Å²) in [7, 11) is 0.